The first kappa shape index (κ1) is 21.4. The highest BCUT2D eigenvalue weighted by Crippen LogP contribution is 2.52. The second-order valence-electron chi connectivity index (χ2n) is 12.2. The maximum atomic E-state index is 4.98. The minimum Gasteiger partial charge on any atom is -0.255 e. The predicted octanol–water partition coefficient (Wildman–Crippen LogP) is 8.66. The predicted molar refractivity (Wildman–Crippen MR) is 144 cm³/mol. The summed E-state index contributed by atoms with van der Waals surface area (Å²) in [6.45, 7) is 16.3. The molecule has 0 fully saturated rings. The van der Waals surface area contributed by atoms with Crippen LogP contribution in [0.15, 0.2) is 72.9 Å². The lowest BCUT2D eigenvalue weighted by molar-refractivity contribution is 0.584. The Labute approximate surface area is 203 Å². The van der Waals surface area contributed by atoms with Crippen molar-refractivity contribution in [3.05, 3.63) is 101 Å². The smallest absolute Gasteiger partial charge is 0.0746 e. The fraction of sp³-hybridized carbons (Fsp3) is 0.303. The van der Waals surface area contributed by atoms with Gasteiger partial charge in [0, 0.05) is 28.2 Å². The number of rotatable bonds is 1. The fourth-order valence-corrected chi connectivity index (χ4v) is 6.08. The largest absolute Gasteiger partial charge is 0.255 e. The second-order valence-corrected chi connectivity index (χ2v) is 12.2. The van der Waals surface area contributed by atoms with Crippen LogP contribution in [-0.4, -0.2) is 4.98 Å². The molecule has 0 N–H and O–H groups in total. The summed E-state index contributed by atoms with van der Waals surface area (Å²) in [6, 6.07) is 25.2. The Morgan fingerprint density at radius 3 is 1.94 bits per heavy atom. The van der Waals surface area contributed by atoms with Crippen LogP contribution >= 0.6 is 0 Å². The van der Waals surface area contributed by atoms with E-state index in [0.29, 0.717) is 0 Å². The van der Waals surface area contributed by atoms with Gasteiger partial charge in [0.2, 0.25) is 0 Å². The van der Waals surface area contributed by atoms with Crippen molar-refractivity contribution in [3.63, 3.8) is 0 Å². The summed E-state index contributed by atoms with van der Waals surface area (Å²) in [5.74, 6) is 0. The number of aromatic nitrogens is 1. The number of pyridine rings is 1. The van der Waals surface area contributed by atoms with E-state index in [-0.39, 0.29) is 16.2 Å². The van der Waals surface area contributed by atoms with E-state index in [9.17, 15) is 0 Å². The van der Waals surface area contributed by atoms with Gasteiger partial charge in [0.05, 0.1) is 5.69 Å². The first-order valence-corrected chi connectivity index (χ1v) is 12.4. The van der Waals surface area contributed by atoms with Crippen molar-refractivity contribution in [1.29, 1.82) is 0 Å². The number of fused-ring (bicyclic) bond motifs is 6. The standard InChI is InChI=1S/C33H33N/c1-31(2,3)22-13-15-24-23-14-12-20(16-27(23)33(6,7)28(24)18-22)21-17-29-30(34-19-21)25-10-8-9-11-26(25)32(29,4)5/h8-19H,1-7H3. The minimum atomic E-state index is -0.0372. The molecule has 2 aliphatic carbocycles. The van der Waals surface area contributed by atoms with Crippen molar-refractivity contribution in [2.75, 3.05) is 0 Å². The van der Waals surface area contributed by atoms with Crippen molar-refractivity contribution < 1.29 is 0 Å². The summed E-state index contributed by atoms with van der Waals surface area (Å²) in [6.07, 6.45) is 2.06. The van der Waals surface area contributed by atoms with Gasteiger partial charge in [-0.1, -0.05) is 103 Å². The zero-order valence-corrected chi connectivity index (χ0v) is 21.4. The van der Waals surface area contributed by atoms with Gasteiger partial charge >= 0.3 is 0 Å². The number of hydrogen-bond donors (Lipinski definition) is 0. The molecule has 1 heteroatoms. The molecule has 0 unspecified atom stereocenters. The monoisotopic (exact) mass is 443 g/mol. The molecule has 34 heavy (non-hydrogen) atoms. The maximum Gasteiger partial charge on any atom is 0.0746 e. The fourth-order valence-electron chi connectivity index (χ4n) is 6.08. The first-order valence-electron chi connectivity index (χ1n) is 12.4. The van der Waals surface area contributed by atoms with Gasteiger partial charge in [0.15, 0.2) is 0 Å². The van der Waals surface area contributed by atoms with Crippen LogP contribution < -0.4 is 0 Å². The van der Waals surface area contributed by atoms with Crippen molar-refractivity contribution in [3.8, 4) is 33.5 Å². The van der Waals surface area contributed by atoms with Crippen LogP contribution in [0.3, 0.4) is 0 Å². The van der Waals surface area contributed by atoms with Gasteiger partial charge < -0.3 is 0 Å². The van der Waals surface area contributed by atoms with Crippen LogP contribution in [0, 0.1) is 0 Å². The Morgan fingerprint density at radius 2 is 1.21 bits per heavy atom. The molecule has 1 aromatic heterocycles. The quantitative estimate of drug-likeness (QED) is 0.287. The number of hydrogen-bond acceptors (Lipinski definition) is 1. The molecule has 170 valence electrons. The molecular weight excluding hydrogens is 410 g/mol. The third kappa shape index (κ3) is 2.83. The molecule has 2 aliphatic rings. The van der Waals surface area contributed by atoms with E-state index in [2.05, 4.69) is 121 Å². The number of benzene rings is 3. The molecule has 4 aromatic rings. The van der Waals surface area contributed by atoms with Gasteiger partial charge in [-0.25, -0.2) is 0 Å². The van der Waals surface area contributed by atoms with Crippen molar-refractivity contribution in [1.82, 2.24) is 4.98 Å². The molecule has 0 saturated carbocycles. The van der Waals surface area contributed by atoms with Crippen molar-refractivity contribution >= 4 is 0 Å². The summed E-state index contributed by atoms with van der Waals surface area (Å²) in [7, 11) is 0. The SMILES string of the molecule is CC(C)(C)c1ccc2c(c1)C(C)(C)c1cc(-c3cnc4c(c3)C(C)(C)c3ccccc3-4)ccc1-2. The zero-order chi connectivity index (χ0) is 24.0. The highest BCUT2D eigenvalue weighted by Gasteiger charge is 2.38. The Morgan fingerprint density at radius 1 is 0.588 bits per heavy atom. The van der Waals surface area contributed by atoms with Gasteiger partial charge in [0.25, 0.3) is 0 Å². The molecule has 3 aromatic carbocycles. The Kier molecular flexibility index (Phi) is 4.20. The summed E-state index contributed by atoms with van der Waals surface area (Å²) in [4.78, 5) is 4.98. The average Bonchev–Trinajstić information content (AvgIpc) is 3.18. The van der Waals surface area contributed by atoms with Gasteiger partial charge in [-0.15, -0.1) is 0 Å². The van der Waals surface area contributed by atoms with Crippen LogP contribution in [0.25, 0.3) is 33.5 Å². The van der Waals surface area contributed by atoms with Gasteiger partial charge in [-0.05, 0) is 62.1 Å². The first-order chi connectivity index (χ1) is 16.0. The Bertz CT molecular complexity index is 1480. The normalized spacial score (nSPS) is 16.6. The van der Waals surface area contributed by atoms with Gasteiger partial charge in [-0.3, -0.25) is 4.98 Å². The molecule has 0 amide bonds. The van der Waals surface area contributed by atoms with Crippen molar-refractivity contribution in [2.45, 2.75) is 64.7 Å². The van der Waals surface area contributed by atoms with E-state index in [4.69, 9.17) is 4.98 Å². The van der Waals surface area contributed by atoms with E-state index < -0.39 is 0 Å². The zero-order valence-electron chi connectivity index (χ0n) is 21.4. The van der Waals surface area contributed by atoms with Crippen LogP contribution in [0.1, 0.15) is 76.3 Å². The van der Waals surface area contributed by atoms with E-state index in [1.807, 2.05) is 0 Å². The topological polar surface area (TPSA) is 12.9 Å². The van der Waals surface area contributed by atoms with Gasteiger partial charge in [-0.2, -0.15) is 0 Å². The highest BCUT2D eigenvalue weighted by atomic mass is 14.7. The molecule has 0 bridgehead atoms. The van der Waals surface area contributed by atoms with E-state index in [0.717, 1.165) is 5.69 Å². The summed E-state index contributed by atoms with van der Waals surface area (Å²) in [5.41, 5.74) is 14.6. The highest BCUT2D eigenvalue weighted by molar-refractivity contribution is 5.85. The minimum absolute atomic E-state index is 0.0262. The third-order valence-electron chi connectivity index (χ3n) is 8.29. The lowest BCUT2D eigenvalue weighted by Gasteiger charge is -2.25. The molecular formula is C33H33N. The molecule has 0 aliphatic heterocycles. The van der Waals surface area contributed by atoms with E-state index >= 15 is 0 Å². The van der Waals surface area contributed by atoms with Crippen LogP contribution in [0.2, 0.25) is 0 Å². The number of nitrogens with zero attached hydrogens (tertiary/aromatic N) is 1. The van der Waals surface area contributed by atoms with Crippen LogP contribution in [0.5, 0.6) is 0 Å². The van der Waals surface area contributed by atoms with Crippen LogP contribution in [0.4, 0.5) is 0 Å². The Hall–Kier alpha value is -3.19. The molecule has 0 radical (unpaired) electrons. The van der Waals surface area contributed by atoms with E-state index in [1.54, 1.807) is 0 Å². The summed E-state index contributed by atoms with van der Waals surface area (Å²) >= 11 is 0. The summed E-state index contributed by atoms with van der Waals surface area (Å²) < 4.78 is 0. The second kappa shape index (κ2) is 6.69. The maximum absolute atomic E-state index is 4.98. The lowest BCUT2D eigenvalue weighted by Crippen LogP contribution is -2.17. The molecule has 6 rings (SSSR count). The van der Waals surface area contributed by atoms with E-state index in [1.165, 1.54) is 55.6 Å². The summed E-state index contributed by atoms with van der Waals surface area (Å²) in [5, 5.41) is 0. The molecule has 0 atom stereocenters. The molecule has 0 spiro atoms. The van der Waals surface area contributed by atoms with Gasteiger partial charge in [0.1, 0.15) is 0 Å². The molecule has 1 heterocycles. The molecule has 0 saturated heterocycles. The van der Waals surface area contributed by atoms with Crippen molar-refractivity contribution in [2.24, 2.45) is 0 Å². The third-order valence-corrected chi connectivity index (χ3v) is 8.29. The average molecular weight is 444 g/mol. The molecule has 1 nitrogen and oxygen atoms in total. The lowest BCUT2D eigenvalue weighted by atomic mass is 9.78. The van der Waals surface area contributed by atoms with Crippen LogP contribution in [-0.2, 0) is 16.2 Å². The Balaban J connectivity index is 1.46.